The Kier molecular flexibility index (Phi) is 4.85. The molecule has 1 amide bonds. The molecular weight excluding hydrogens is 322 g/mol. The zero-order valence-electron chi connectivity index (χ0n) is 13.9. The van der Waals surface area contributed by atoms with Gasteiger partial charge in [0.05, 0.1) is 6.10 Å². The van der Waals surface area contributed by atoms with E-state index in [0.29, 0.717) is 19.3 Å². The minimum Gasteiger partial charge on any atom is -0.393 e. The molecule has 25 heavy (non-hydrogen) atoms. The van der Waals surface area contributed by atoms with Crippen molar-refractivity contribution in [2.45, 2.75) is 31.4 Å². The molecule has 0 saturated heterocycles. The first kappa shape index (κ1) is 17.2. The Balaban J connectivity index is 1.80. The van der Waals surface area contributed by atoms with Gasteiger partial charge in [-0.3, -0.25) is 14.6 Å². The third-order valence-electron chi connectivity index (χ3n) is 4.69. The average molecular weight is 343 g/mol. The van der Waals surface area contributed by atoms with Gasteiger partial charge in [0.15, 0.2) is 0 Å². The second-order valence-corrected chi connectivity index (χ2v) is 6.57. The first-order chi connectivity index (χ1) is 11.9. The third kappa shape index (κ3) is 3.88. The van der Waals surface area contributed by atoms with E-state index in [1.807, 2.05) is 30.3 Å². The van der Waals surface area contributed by atoms with E-state index in [0.717, 1.165) is 10.1 Å². The number of aliphatic hydroxyl groups is 1. The van der Waals surface area contributed by atoms with Gasteiger partial charge in [-0.15, -0.1) is 0 Å². The molecule has 3 N–H and O–H groups in total. The molecular formula is C18H21N3O4. The first-order valence-electron chi connectivity index (χ1n) is 8.27. The quantitative estimate of drug-likeness (QED) is 0.721. The fourth-order valence-corrected chi connectivity index (χ4v) is 3.13. The van der Waals surface area contributed by atoms with Crippen molar-refractivity contribution in [2.24, 2.45) is 13.0 Å². The molecule has 1 aliphatic carbocycles. The van der Waals surface area contributed by atoms with Gasteiger partial charge in [0, 0.05) is 19.3 Å². The number of carbonyl (C=O) groups excluding carboxylic acids is 1. The lowest BCUT2D eigenvalue weighted by atomic mass is 9.75. The van der Waals surface area contributed by atoms with E-state index in [-0.39, 0.29) is 23.6 Å². The van der Waals surface area contributed by atoms with Crippen LogP contribution in [0.1, 0.15) is 28.8 Å². The zero-order chi connectivity index (χ0) is 18.0. The summed E-state index contributed by atoms with van der Waals surface area (Å²) >= 11 is 0. The second-order valence-electron chi connectivity index (χ2n) is 6.57. The van der Waals surface area contributed by atoms with Crippen molar-refractivity contribution in [2.75, 3.05) is 0 Å². The number of amides is 1. The van der Waals surface area contributed by atoms with Gasteiger partial charge >= 0.3 is 5.69 Å². The molecule has 0 radical (unpaired) electrons. The molecule has 1 aliphatic rings. The summed E-state index contributed by atoms with van der Waals surface area (Å²) in [4.78, 5) is 38.0. The highest BCUT2D eigenvalue weighted by Gasteiger charge is 2.35. The van der Waals surface area contributed by atoms with Gasteiger partial charge in [-0.25, -0.2) is 4.79 Å². The van der Waals surface area contributed by atoms with Crippen LogP contribution in [0.5, 0.6) is 0 Å². The van der Waals surface area contributed by atoms with Gasteiger partial charge in [-0.1, -0.05) is 30.3 Å². The Morgan fingerprint density at radius 3 is 2.64 bits per heavy atom. The molecule has 1 aromatic heterocycles. The lowest BCUT2D eigenvalue weighted by Gasteiger charge is -2.38. The summed E-state index contributed by atoms with van der Waals surface area (Å²) in [5, 5.41) is 12.5. The summed E-state index contributed by atoms with van der Waals surface area (Å²) in [6, 6.07) is 9.56. The van der Waals surface area contributed by atoms with E-state index in [1.54, 1.807) is 0 Å². The molecule has 1 atom stereocenters. The van der Waals surface area contributed by atoms with Crippen LogP contribution in [0, 0.1) is 5.92 Å². The third-order valence-corrected chi connectivity index (χ3v) is 4.69. The van der Waals surface area contributed by atoms with Crippen molar-refractivity contribution in [3.63, 3.8) is 0 Å². The van der Waals surface area contributed by atoms with Crippen LogP contribution in [-0.2, 0) is 13.5 Å². The number of H-pyrrole nitrogens is 1. The predicted molar refractivity (Wildman–Crippen MR) is 92.4 cm³/mol. The molecule has 3 rings (SSSR count). The van der Waals surface area contributed by atoms with Gasteiger partial charge in [-0.2, -0.15) is 0 Å². The van der Waals surface area contributed by atoms with Gasteiger partial charge in [0.25, 0.3) is 11.5 Å². The minimum atomic E-state index is -0.701. The largest absolute Gasteiger partial charge is 0.393 e. The lowest BCUT2D eigenvalue weighted by molar-refractivity contribution is 0.0239. The highest BCUT2D eigenvalue weighted by atomic mass is 16.3. The molecule has 0 unspecified atom stereocenters. The number of aromatic nitrogens is 2. The van der Waals surface area contributed by atoms with Crippen molar-refractivity contribution in [3.05, 3.63) is 68.5 Å². The Morgan fingerprint density at radius 2 is 2.00 bits per heavy atom. The Morgan fingerprint density at radius 1 is 1.32 bits per heavy atom. The highest BCUT2D eigenvalue weighted by Crippen LogP contribution is 2.31. The first-order valence-corrected chi connectivity index (χ1v) is 8.27. The van der Waals surface area contributed by atoms with E-state index >= 15 is 0 Å². The average Bonchev–Trinajstić information content (AvgIpc) is 2.55. The van der Waals surface area contributed by atoms with Crippen LogP contribution in [0.4, 0.5) is 0 Å². The number of nitrogens with zero attached hydrogens (tertiary/aromatic N) is 1. The van der Waals surface area contributed by atoms with Gasteiger partial charge in [-0.05, 0) is 30.7 Å². The number of aryl methyl sites for hydroxylation is 1. The summed E-state index contributed by atoms with van der Waals surface area (Å²) in [5.74, 6) is -0.357. The zero-order valence-corrected chi connectivity index (χ0v) is 13.9. The SMILES string of the molecule is Cn1cc(C(=O)N[C@@H](Cc2ccccc2)C2CC(O)C2)c(=O)[nH]c1=O. The normalized spacial score (nSPS) is 20.6. The van der Waals surface area contributed by atoms with E-state index in [1.165, 1.54) is 13.2 Å². The molecule has 132 valence electrons. The number of carbonyl (C=O) groups is 1. The molecule has 7 nitrogen and oxygen atoms in total. The van der Waals surface area contributed by atoms with Crippen LogP contribution >= 0.6 is 0 Å². The van der Waals surface area contributed by atoms with E-state index < -0.39 is 17.2 Å². The molecule has 0 spiro atoms. The highest BCUT2D eigenvalue weighted by molar-refractivity contribution is 5.93. The smallest absolute Gasteiger partial charge is 0.328 e. The minimum absolute atomic E-state index is 0.0972. The number of rotatable bonds is 5. The van der Waals surface area contributed by atoms with Crippen LogP contribution in [0.2, 0.25) is 0 Å². The topological polar surface area (TPSA) is 104 Å². The monoisotopic (exact) mass is 343 g/mol. The standard InChI is InChI=1S/C18H21N3O4/c1-21-10-14(17(24)20-18(21)25)16(23)19-15(12-8-13(22)9-12)7-11-5-3-2-4-6-11/h2-6,10,12-13,15,22H,7-9H2,1H3,(H,19,23)(H,20,24,25)/t12?,13?,15-/m0/s1. The number of aliphatic hydroxyl groups excluding tert-OH is 1. The van der Waals surface area contributed by atoms with Crippen LogP contribution in [0.15, 0.2) is 46.1 Å². The van der Waals surface area contributed by atoms with Crippen molar-refractivity contribution in [1.82, 2.24) is 14.9 Å². The van der Waals surface area contributed by atoms with Gasteiger partial charge in [0.1, 0.15) is 5.56 Å². The number of aromatic amines is 1. The van der Waals surface area contributed by atoms with Gasteiger partial charge in [0.2, 0.25) is 0 Å². The predicted octanol–water partition coefficient (Wildman–Crippen LogP) is 0.186. The van der Waals surface area contributed by atoms with Crippen LogP contribution in [0.3, 0.4) is 0 Å². The number of hydrogen-bond donors (Lipinski definition) is 3. The van der Waals surface area contributed by atoms with Crippen molar-refractivity contribution in [3.8, 4) is 0 Å². The van der Waals surface area contributed by atoms with Crippen LogP contribution < -0.4 is 16.6 Å². The molecule has 1 heterocycles. The molecule has 7 heteroatoms. The van der Waals surface area contributed by atoms with E-state index in [2.05, 4.69) is 10.3 Å². The number of nitrogens with one attached hydrogen (secondary N) is 2. The molecule has 0 bridgehead atoms. The molecule has 1 fully saturated rings. The molecule has 1 saturated carbocycles. The van der Waals surface area contributed by atoms with Crippen molar-refractivity contribution < 1.29 is 9.90 Å². The molecule has 0 aliphatic heterocycles. The maximum absolute atomic E-state index is 12.5. The maximum atomic E-state index is 12.5. The van der Waals surface area contributed by atoms with Crippen LogP contribution in [0.25, 0.3) is 0 Å². The molecule has 1 aromatic carbocycles. The fraction of sp³-hybridized carbons (Fsp3) is 0.389. The summed E-state index contributed by atoms with van der Waals surface area (Å²) in [6.07, 6.45) is 2.78. The second kappa shape index (κ2) is 7.06. The maximum Gasteiger partial charge on any atom is 0.328 e. The van der Waals surface area contributed by atoms with E-state index in [4.69, 9.17) is 0 Å². The number of hydrogen-bond acceptors (Lipinski definition) is 4. The van der Waals surface area contributed by atoms with Crippen LogP contribution in [-0.4, -0.2) is 32.7 Å². The lowest BCUT2D eigenvalue weighted by Crippen LogP contribution is -2.49. The van der Waals surface area contributed by atoms with Crippen molar-refractivity contribution >= 4 is 5.91 Å². The summed E-state index contributed by atoms with van der Waals surface area (Å²) in [5.41, 5.74) is -0.291. The summed E-state index contributed by atoms with van der Waals surface area (Å²) in [7, 11) is 1.47. The Hall–Kier alpha value is -2.67. The Bertz CT molecular complexity index is 866. The Labute approximate surface area is 144 Å². The fourth-order valence-electron chi connectivity index (χ4n) is 3.13. The number of benzene rings is 1. The van der Waals surface area contributed by atoms with E-state index in [9.17, 15) is 19.5 Å². The summed E-state index contributed by atoms with van der Waals surface area (Å²) < 4.78 is 1.16. The van der Waals surface area contributed by atoms with Crippen molar-refractivity contribution in [1.29, 1.82) is 0 Å². The molecule has 2 aromatic rings. The summed E-state index contributed by atoms with van der Waals surface area (Å²) in [6.45, 7) is 0. The van der Waals surface area contributed by atoms with Gasteiger partial charge < -0.3 is 15.0 Å².